The van der Waals surface area contributed by atoms with Crippen LogP contribution in [0, 0.1) is 0 Å². The molecular formula is C15H21ClN4O4S. The Balaban J connectivity index is 0.00000225. The fourth-order valence-electron chi connectivity index (χ4n) is 2.79. The van der Waals surface area contributed by atoms with E-state index in [9.17, 15) is 18.0 Å². The number of benzene rings is 1. The van der Waals surface area contributed by atoms with Crippen molar-refractivity contribution in [1.82, 2.24) is 20.3 Å². The number of hydrogen-bond acceptors (Lipinski definition) is 5. The van der Waals surface area contributed by atoms with Crippen LogP contribution in [0.1, 0.15) is 16.8 Å². The van der Waals surface area contributed by atoms with E-state index in [1.807, 2.05) is 0 Å². The highest BCUT2D eigenvalue weighted by Gasteiger charge is 2.29. The van der Waals surface area contributed by atoms with Crippen molar-refractivity contribution in [2.24, 2.45) is 0 Å². The van der Waals surface area contributed by atoms with Gasteiger partial charge in [-0.1, -0.05) is 0 Å². The molecule has 0 aromatic heterocycles. The molecular weight excluding hydrogens is 368 g/mol. The lowest BCUT2D eigenvalue weighted by atomic mass is 10.2. The van der Waals surface area contributed by atoms with Gasteiger partial charge in [-0.15, -0.1) is 12.4 Å². The van der Waals surface area contributed by atoms with Crippen molar-refractivity contribution in [3.63, 3.8) is 0 Å². The molecule has 25 heavy (non-hydrogen) atoms. The summed E-state index contributed by atoms with van der Waals surface area (Å²) in [5.74, 6) is -0.531. The first-order valence-electron chi connectivity index (χ1n) is 7.85. The minimum atomic E-state index is -3.73. The van der Waals surface area contributed by atoms with Crippen LogP contribution in [0.15, 0.2) is 29.2 Å². The van der Waals surface area contributed by atoms with Crippen molar-refractivity contribution in [2.45, 2.75) is 17.4 Å². The molecule has 1 atom stereocenters. The van der Waals surface area contributed by atoms with Gasteiger partial charge in [0.2, 0.25) is 15.9 Å². The Kier molecular flexibility index (Phi) is 6.39. The van der Waals surface area contributed by atoms with E-state index in [4.69, 9.17) is 0 Å². The highest BCUT2D eigenvalue weighted by Crippen LogP contribution is 2.17. The van der Waals surface area contributed by atoms with Crippen molar-refractivity contribution in [3.8, 4) is 0 Å². The van der Waals surface area contributed by atoms with Crippen molar-refractivity contribution in [2.75, 3.05) is 32.7 Å². The highest BCUT2D eigenvalue weighted by atomic mass is 35.5. The Hall–Kier alpha value is -1.68. The quantitative estimate of drug-likeness (QED) is 0.633. The topological polar surface area (TPSA) is 108 Å². The molecule has 10 heteroatoms. The number of piperazine rings is 1. The van der Waals surface area contributed by atoms with Gasteiger partial charge in [0.15, 0.2) is 0 Å². The molecule has 2 amide bonds. The number of halogens is 1. The van der Waals surface area contributed by atoms with Crippen LogP contribution in [0.25, 0.3) is 0 Å². The molecule has 2 aliphatic rings. The predicted molar refractivity (Wildman–Crippen MR) is 94.2 cm³/mol. The standard InChI is InChI=1S/C15H20N4O4S.ClH/c20-14-10-19(8-7-17-14)24(22,23)13-3-1-11(2-4-13)15(21)18-12-5-6-16-9-12;/h1-4,12,16H,5-10H2,(H,17,20)(H,18,21);1H. The third-order valence-corrected chi connectivity index (χ3v) is 6.01. The minimum Gasteiger partial charge on any atom is -0.354 e. The molecule has 0 bridgehead atoms. The van der Waals surface area contributed by atoms with Crippen LogP contribution in [0.2, 0.25) is 0 Å². The van der Waals surface area contributed by atoms with Gasteiger partial charge in [0, 0.05) is 31.2 Å². The summed E-state index contributed by atoms with van der Waals surface area (Å²) >= 11 is 0. The van der Waals surface area contributed by atoms with E-state index < -0.39 is 10.0 Å². The summed E-state index contributed by atoms with van der Waals surface area (Å²) in [6.45, 7) is 1.99. The van der Waals surface area contributed by atoms with E-state index in [1.54, 1.807) is 0 Å². The maximum absolute atomic E-state index is 12.5. The molecule has 0 spiro atoms. The van der Waals surface area contributed by atoms with Crippen LogP contribution >= 0.6 is 12.4 Å². The monoisotopic (exact) mass is 388 g/mol. The molecule has 0 saturated carbocycles. The molecule has 2 heterocycles. The zero-order valence-electron chi connectivity index (χ0n) is 13.5. The molecule has 8 nitrogen and oxygen atoms in total. The Morgan fingerprint density at radius 3 is 2.52 bits per heavy atom. The van der Waals surface area contributed by atoms with Crippen LogP contribution in [0.5, 0.6) is 0 Å². The molecule has 138 valence electrons. The lowest BCUT2D eigenvalue weighted by Gasteiger charge is -2.25. The van der Waals surface area contributed by atoms with Gasteiger partial charge in [0.25, 0.3) is 5.91 Å². The average Bonchev–Trinajstić information content (AvgIpc) is 3.08. The second kappa shape index (κ2) is 8.13. The fourth-order valence-corrected chi connectivity index (χ4v) is 4.19. The molecule has 2 fully saturated rings. The number of sulfonamides is 1. The minimum absolute atomic E-state index is 0. The summed E-state index contributed by atoms with van der Waals surface area (Å²) < 4.78 is 26.2. The molecule has 1 unspecified atom stereocenters. The first-order valence-corrected chi connectivity index (χ1v) is 9.29. The highest BCUT2D eigenvalue weighted by molar-refractivity contribution is 7.89. The van der Waals surface area contributed by atoms with E-state index in [0.717, 1.165) is 23.8 Å². The van der Waals surface area contributed by atoms with Gasteiger partial charge < -0.3 is 16.0 Å². The van der Waals surface area contributed by atoms with Crippen LogP contribution in [0.4, 0.5) is 0 Å². The molecule has 0 aliphatic carbocycles. The van der Waals surface area contributed by atoms with Crippen molar-refractivity contribution < 1.29 is 18.0 Å². The summed E-state index contributed by atoms with van der Waals surface area (Å²) in [7, 11) is -3.73. The van der Waals surface area contributed by atoms with E-state index in [2.05, 4.69) is 16.0 Å². The third kappa shape index (κ3) is 4.49. The molecule has 2 aliphatic heterocycles. The fraction of sp³-hybridized carbons (Fsp3) is 0.467. The van der Waals surface area contributed by atoms with Gasteiger partial charge in [-0.05, 0) is 37.2 Å². The molecule has 3 N–H and O–H groups in total. The van der Waals surface area contributed by atoms with Gasteiger partial charge in [-0.2, -0.15) is 4.31 Å². The van der Waals surface area contributed by atoms with Gasteiger partial charge in [-0.25, -0.2) is 8.42 Å². The van der Waals surface area contributed by atoms with Gasteiger partial charge >= 0.3 is 0 Å². The number of carbonyl (C=O) groups is 2. The van der Waals surface area contributed by atoms with Crippen molar-refractivity contribution in [1.29, 1.82) is 0 Å². The Bertz CT molecular complexity index is 732. The lowest BCUT2D eigenvalue weighted by molar-refractivity contribution is -0.122. The number of rotatable bonds is 4. The summed E-state index contributed by atoms with van der Waals surface area (Å²) in [6, 6.07) is 5.91. The van der Waals surface area contributed by atoms with Gasteiger partial charge in [0.1, 0.15) is 0 Å². The van der Waals surface area contributed by atoms with E-state index in [1.165, 1.54) is 24.3 Å². The summed E-state index contributed by atoms with van der Waals surface area (Å²) in [4.78, 5) is 23.6. The Morgan fingerprint density at radius 2 is 1.92 bits per heavy atom. The maximum Gasteiger partial charge on any atom is 0.251 e. The van der Waals surface area contributed by atoms with Crippen LogP contribution < -0.4 is 16.0 Å². The lowest BCUT2D eigenvalue weighted by Crippen LogP contribution is -2.49. The largest absolute Gasteiger partial charge is 0.354 e. The Morgan fingerprint density at radius 1 is 1.20 bits per heavy atom. The molecule has 3 rings (SSSR count). The van der Waals surface area contributed by atoms with Crippen LogP contribution in [0.3, 0.4) is 0 Å². The number of amides is 2. The van der Waals surface area contributed by atoms with E-state index in [-0.39, 0.29) is 48.2 Å². The van der Waals surface area contributed by atoms with Gasteiger partial charge in [-0.3, -0.25) is 9.59 Å². The first kappa shape index (κ1) is 19.6. The number of nitrogens with zero attached hydrogens (tertiary/aromatic N) is 1. The average molecular weight is 389 g/mol. The predicted octanol–water partition coefficient (Wildman–Crippen LogP) is -0.679. The summed E-state index contributed by atoms with van der Waals surface area (Å²) in [5.41, 5.74) is 0.414. The second-order valence-electron chi connectivity index (χ2n) is 5.88. The van der Waals surface area contributed by atoms with Gasteiger partial charge in [0.05, 0.1) is 11.4 Å². The molecule has 1 aromatic carbocycles. The van der Waals surface area contributed by atoms with Crippen LogP contribution in [-0.4, -0.2) is 63.3 Å². The molecule has 2 saturated heterocycles. The number of carbonyl (C=O) groups excluding carboxylic acids is 2. The van der Waals surface area contributed by atoms with Crippen molar-refractivity contribution >= 4 is 34.2 Å². The second-order valence-corrected chi connectivity index (χ2v) is 7.81. The normalized spacial score (nSPS) is 21.3. The smallest absolute Gasteiger partial charge is 0.251 e. The molecule has 1 aromatic rings. The zero-order chi connectivity index (χ0) is 17.2. The zero-order valence-corrected chi connectivity index (χ0v) is 15.2. The maximum atomic E-state index is 12.5. The number of nitrogens with one attached hydrogen (secondary N) is 3. The summed E-state index contributed by atoms with van der Waals surface area (Å²) in [5, 5.41) is 8.66. The van der Waals surface area contributed by atoms with E-state index >= 15 is 0 Å². The van der Waals surface area contributed by atoms with E-state index in [0.29, 0.717) is 12.1 Å². The first-order chi connectivity index (χ1) is 11.5. The number of hydrogen-bond donors (Lipinski definition) is 3. The van der Waals surface area contributed by atoms with Crippen LogP contribution in [-0.2, 0) is 14.8 Å². The SMILES string of the molecule is Cl.O=C1CN(S(=O)(=O)c2ccc(C(=O)NC3CCNC3)cc2)CCN1. The third-order valence-electron chi connectivity index (χ3n) is 4.15. The van der Waals surface area contributed by atoms with Crippen molar-refractivity contribution in [3.05, 3.63) is 29.8 Å². The summed E-state index contributed by atoms with van der Waals surface area (Å²) in [6.07, 6.45) is 0.884. The molecule has 0 radical (unpaired) electrons. The Labute approximate surface area is 152 Å².